The molecule has 3 aromatic rings. The van der Waals surface area contributed by atoms with Gasteiger partial charge < -0.3 is 10.2 Å². The van der Waals surface area contributed by atoms with Crippen LogP contribution in [0.2, 0.25) is 10.0 Å². The van der Waals surface area contributed by atoms with Gasteiger partial charge in [0, 0.05) is 51.7 Å². The molecule has 0 saturated heterocycles. The highest BCUT2D eigenvalue weighted by atomic mass is 35.5. The normalized spacial score (nSPS) is 14.5. The fourth-order valence-corrected chi connectivity index (χ4v) is 6.34. The van der Waals surface area contributed by atoms with Crippen molar-refractivity contribution in [2.45, 2.75) is 75.4 Å². The van der Waals surface area contributed by atoms with Gasteiger partial charge in [0.05, 0.1) is 0 Å². The largest absolute Gasteiger partial charge is 0.352 e. The van der Waals surface area contributed by atoms with Crippen LogP contribution in [0.25, 0.3) is 0 Å². The van der Waals surface area contributed by atoms with Crippen LogP contribution in [0, 0.1) is 6.92 Å². The Kier molecular flexibility index (Phi) is 11.2. The molecule has 1 aliphatic rings. The van der Waals surface area contributed by atoms with E-state index in [-0.39, 0.29) is 24.4 Å². The van der Waals surface area contributed by atoms with Gasteiger partial charge in [-0.05, 0) is 49.6 Å². The molecule has 0 aromatic heterocycles. The van der Waals surface area contributed by atoms with E-state index in [1.807, 2.05) is 30.3 Å². The zero-order valence-corrected chi connectivity index (χ0v) is 24.7. The molecular weight excluding hydrogens is 547 g/mol. The number of aryl methyl sites for hydroxylation is 1. The predicted molar refractivity (Wildman–Crippen MR) is 162 cm³/mol. The molecule has 1 saturated carbocycles. The van der Waals surface area contributed by atoms with Crippen molar-refractivity contribution in [2.75, 3.05) is 5.75 Å². The number of amides is 2. The maximum absolute atomic E-state index is 13.9. The molecule has 1 fully saturated rings. The van der Waals surface area contributed by atoms with Crippen LogP contribution in [0.3, 0.4) is 0 Å². The van der Waals surface area contributed by atoms with E-state index in [0.29, 0.717) is 34.2 Å². The number of rotatable bonds is 11. The van der Waals surface area contributed by atoms with E-state index < -0.39 is 6.04 Å². The van der Waals surface area contributed by atoms with Gasteiger partial charge in [-0.2, -0.15) is 0 Å². The van der Waals surface area contributed by atoms with Gasteiger partial charge in [-0.15, -0.1) is 11.8 Å². The summed E-state index contributed by atoms with van der Waals surface area (Å²) in [6.07, 6.45) is 6.09. The molecule has 0 radical (unpaired) electrons. The number of carbonyl (C=O) groups excluding carboxylic acids is 2. The number of hydrogen-bond donors (Lipinski definition) is 1. The highest BCUT2D eigenvalue weighted by molar-refractivity contribution is 7.99. The number of hydrogen-bond acceptors (Lipinski definition) is 3. The fourth-order valence-electron chi connectivity index (χ4n) is 4.99. The molecule has 1 aliphatic carbocycles. The SMILES string of the molecule is Cc1ccc(SCCC(=O)N(Cc2c(Cl)cccc2Cl)C(Cc2ccccc2)C(=O)NC2CCCCC2)cc1. The number of nitrogens with one attached hydrogen (secondary N) is 1. The molecule has 4 nitrogen and oxygen atoms in total. The Hall–Kier alpha value is -2.47. The first-order valence-electron chi connectivity index (χ1n) is 13.7. The summed E-state index contributed by atoms with van der Waals surface area (Å²) < 4.78 is 0. The fraction of sp³-hybridized carbons (Fsp3) is 0.375. The lowest BCUT2D eigenvalue weighted by atomic mass is 9.94. The molecule has 1 N–H and O–H groups in total. The van der Waals surface area contributed by atoms with Gasteiger partial charge in [0.1, 0.15) is 6.04 Å². The lowest BCUT2D eigenvalue weighted by molar-refractivity contribution is -0.141. The van der Waals surface area contributed by atoms with Crippen LogP contribution < -0.4 is 5.32 Å². The summed E-state index contributed by atoms with van der Waals surface area (Å²) >= 11 is 14.7. The van der Waals surface area contributed by atoms with Crippen molar-refractivity contribution >= 4 is 46.8 Å². The highest BCUT2D eigenvalue weighted by Gasteiger charge is 2.32. The van der Waals surface area contributed by atoms with Crippen molar-refractivity contribution in [2.24, 2.45) is 0 Å². The third-order valence-electron chi connectivity index (χ3n) is 7.22. The zero-order chi connectivity index (χ0) is 27.6. The minimum absolute atomic E-state index is 0.0923. The second kappa shape index (κ2) is 14.8. The Morgan fingerprint density at radius 3 is 2.26 bits per heavy atom. The van der Waals surface area contributed by atoms with Crippen molar-refractivity contribution < 1.29 is 9.59 Å². The molecule has 0 bridgehead atoms. The van der Waals surface area contributed by atoms with Crippen molar-refractivity contribution in [1.29, 1.82) is 0 Å². The lowest BCUT2D eigenvalue weighted by Crippen LogP contribution is -2.53. The summed E-state index contributed by atoms with van der Waals surface area (Å²) in [6, 6.07) is 22.9. The first-order chi connectivity index (χ1) is 18.9. The van der Waals surface area contributed by atoms with E-state index in [1.54, 1.807) is 34.9 Å². The molecule has 1 unspecified atom stereocenters. The minimum Gasteiger partial charge on any atom is -0.352 e. The van der Waals surface area contributed by atoms with Crippen molar-refractivity contribution in [3.8, 4) is 0 Å². The maximum atomic E-state index is 13.9. The molecular formula is C32H36Cl2N2O2S. The molecule has 39 heavy (non-hydrogen) atoms. The van der Waals surface area contributed by atoms with Gasteiger partial charge in [-0.25, -0.2) is 0 Å². The van der Waals surface area contributed by atoms with Gasteiger partial charge in [0.15, 0.2) is 0 Å². The first kappa shape index (κ1) is 29.5. The zero-order valence-electron chi connectivity index (χ0n) is 22.4. The molecule has 4 rings (SSSR count). The highest BCUT2D eigenvalue weighted by Crippen LogP contribution is 2.28. The summed E-state index contributed by atoms with van der Waals surface area (Å²) in [5.41, 5.74) is 2.85. The molecule has 0 spiro atoms. The summed E-state index contributed by atoms with van der Waals surface area (Å²) in [4.78, 5) is 30.6. The summed E-state index contributed by atoms with van der Waals surface area (Å²) in [5.74, 6) is 0.399. The second-order valence-corrected chi connectivity index (χ2v) is 12.2. The topological polar surface area (TPSA) is 49.4 Å². The van der Waals surface area contributed by atoms with Crippen molar-refractivity contribution in [1.82, 2.24) is 10.2 Å². The standard InChI is InChI=1S/C32H36Cl2N2O2S/c1-23-15-17-26(18-16-23)39-20-19-31(37)36(22-27-28(33)13-8-14-29(27)34)30(21-24-9-4-2-5-10-24)32(38)35-25-11-6-3-7-12-25/h2,4-5,8-10,13-18,25,30H,3,6-7,11-12,19-22H2,1H3,(H,35,38). The molecule has 0 heterocycles. The van der Waals surface area contributed by atoms with Gasteiger partial charge >= 0.3 is 0 Å². The molecule has 3 aromatic carbocycles. The number of nitrogens with zero attached hydrogens (tertiary/aromatic N) is 1. The first-order valence-corrected chi connectivity index (χ1v) is 15.4. The van der Waals surface area contributed by atoms with Gasteiger partial charge in [0.25, 0.3) is 0 Å². The van der Waals surface area contributed by atoms with Gasteiger partial charge in [-0.3, -0.25) is 9.59 Å². The number of thioether (sulfide) groups is 1. The Morgan fingerprint density at radius 2 is 1.59 bits per heavy atom. The van der Waals surface area contributed by atoms with E-state index in [9.17, 15) is 9.59 Å². The van der Waals surface area contributed by atoms with E-state index in [1.165, 1.54) is 12.0 Å². The smallest absolute Gasteiger partial charge is 0.243 e. The quantitative estimate of drug-likeness (QED) is 0.234. The van der Waals surface area contributed by atoms with E-state index in [2.05, 4.69) is 36.5 Å². The molecule has 1 atom stereocenters. The van der Waals surface area contributed by atoms with Crippen LogP contribution in [0.1, 0.15) is 55.2 Å². The predicted octanol–water partition coefficient (Wildman–Crippen LogP) is 7.87. The summed E-state index contributed by atoms with van der Waals surface area (Å²) in [7, 11) is 0. The average Bonchev–Trinajstić information content (AvgIpc) is 2.94. The van der Waals surface area contributed by atoms with Crippen molar-refractivity contribution in [3.63, 3.8) is 0 Å². The third-order valence-corrected chi connectivity index (χ3v) is 8.94. The van der Waals surface area contributed by atoms with E-state index in [4.69, 9.17) is 23.2 Å². The van der Waals surface area contributed by atoms with Crippen LogP contribution in [-0.2, 0) is 22.6 Å². The van der Waals surface area contributed by atoms with Crippen molar-refractivity contribution in [3.05, 3.63) is 99.5 Å². The van der Waals surface area contributed by atoms with Crippen LogP contribution in [-0.4, -0.2) is 34.6 Å². The number of halogens is 2. The van der Waals surface area contributed by atoms with E-state index >= 15 is 0 Å². The van der Waals surface area contributed by atoms with Gasteiger partial charge in [-0.1, -0.05) is 96.6 Å². The van der Waals surface area contributed by atoms with Crippen LogP contribution >= 0.6 is 35.0 Å². The number of carbonyl (C=O) groups is 2. The minimum atomic E-state index is -0.682. The molecule has 0 aliphatic heterocycles. The Bertz CT molecular complexity index is 1210. The Balaban J connectivity index is 1.60. The summed E-state index contributed by atoms with van der Waals surface area (Å²) in [5, 5.41) is 4.25. The monoisotopic (exact) mass is 582 g/mol. The van der Waals surface area contributed by atoms with Gasteiger partial charge in [0.2, 0.25) is 11.8 Å². The molecule has 206 valence electrons. The van der Waals surface area contributed by atoms with Crippen LogP contribution in [0.15, 0.2) is 77.7 Å². The average molecular weight is 584 g/mol. The second-order valence-electron chi connectivity index (χ2n) is 10.2. The van der Waals surface area contributed by atoms with Crippen LogP contribution in [0.5, 0.6) is 0 Å². The lowest BCUT2D eigenvalue weighted by Gasteiger charge is -2.34. The molecule has 2 amide bonds. The Labute approximate surface area is 246 Å². The number of benzene rings is 3. The van der Waals surface area contributed by atoms with E-state index in [0.717, 1.165) is 36.1 Å². The maximum Gasteiger partial charge on any atom is 0.243 e. The third kappa shape index (κ3) is 8.76. The summed E-state index contributed by atoms with van der Waals surface area (Å²) in [6.45, 7) is 2.23. The van der Waals surface area contributed by atoms with Crippen LogP contribution in [0.4, 0.5) is 0 Å². The Morgan fingerprint density at radius 1 is 0.923 bits per heavy atom. The molecule has 7 heteroatoms.